The van der Waals surface area contributed by atoms with Crippen LogP contribution in [0.5, 0.6) is 0 Å². The summed E-state index contributed by atoms with van der Waals surface area (Å²) < 4.78 is 4.63. The van der Waals surface area contributed by atoms with Gasteiger partial charge in [-0.2, -0.15) is 0 Å². The molecule has 0 saturated heterocycles. The first-order valence-electron chi connectivity index (χ1n) is 6.49. The van der Waals surface area contributed by atoms with Crippen LogP contribution >= 0.6 is 11.3 Å². The number of hydrogen-bond donors (Lipinski definition) is 0. The van der Waals surface area contributed by atoms with Crippen molar-refractivity contribution in [2.75, 3.05) is 25.1 Å². The Morgan fingerprint density at radius 3 is 3.00 bits per heavy atom. The molecule has 0 radical (unpaired) electrons. The number of carbonyl (C=O) groups is 1. The van der Waals surface area contributed by atoms with Crippen LogP contribution in [0.1, 0.15) is 31.9 Å². The predicted molar refractivity (Wildman–Crippen MR) is 73.1 cm³/mol. The van der Waals surface area contributed by atoms with Gasteiger partial charge in [0.1, 0.15) is 0 Å². The van der Waals surface area contributed by atoms with E-state index in [4.69, 9.17) is 0 Å². The number of thiazole rings is 1. The third kappa shape index (κ3) is 3.70. The summed E-state index contributed by atoms with van der Waals surface area (Å²) in [6.45, 7) is 4.29. The molecule has 5 heteroatoms. The average molecular weight is 268 g/mol. The zero-order valence-corrected chi connectivity index (χ0v) is 11.8. The molecule has 1 aliphatic rings. The fourth-order valence-electron chi connectivity index (χ4n) is 1.84. The van der Waals surface area contributed by atoms with Gasteiger partial charge < -0.3 is 9.64 Å². The van der Waals surface area contributed by atoms with Crippen molar-refractivity contribution in [3.8, 4) is 0 Å². The smallest absolute Gasteiger partial charge is 0.305 e. The molecule has 4 nitrogen and oxygen atoms in total. The fourth-order valence-corrected chi connectivity index (χ4v) is 2.78. The maximum Gasteiger partial charge on any atom is 0.305 e. The van der Waals surface area contributed by atoms with E-state index in [1.807, 2.05) is 5.38 Å². The highest BCUT2D eigenvalue weighted by Gasteiger charge is 2.24. The minimum atomic E-state index is -0.171. The second-order valence-corrected chi connectivity index (χ2v) is 5.52. The summed E-state index contributed by atoms with van der Waals surface area (Å²) in [6.07, 6.45) is 3.80. The third-order valence-corrected chi connectivity index (χ3v) is 4.13. The standard InChI is InChI=1S/C13H20N2O2S/c1-3-15(8-10-4-5-10)13-14-11(9-18-13)6-7-12(16)17-2/h9-10H,3-8H2,1-2H3. The highest BCUT2D eigenvalue weighted by atomic mass is 32.1. The Morgan fingerprint density at radius 1 is 1.61 bits per heavy atom. The highest BCUT2D eigenvalue weighted by Crippen LogP contribution is 2.32. The Hall–Kier alpha value is -1.10. The number of rotatable bonds is 7. The Kier molecular flexibility index (Phi) is 4.58. The van der Waals surface area contributed by atoms with Crippen LogP contribution in [0.2, 0.25) is 0 Å². The van der Waals surface area contributed by atoms with Crippen molar-refractivity contribution < 1.29 is 9.53 Å². The predicted octanol–water partition coefficient (Wildman–Crippen LogP) is 2.49. The van der Waals surface area contributed by atoms with Crippen molar-refractivity contribution in [1.82, 2.24) is 4.98 Å². The Bertz CT molecular complexity index is 401. The number of hydrogen-bond acceptors (Lipinski definition) is 5. The molecule has 1 saturated carbocycles. The van der Waals surface area contributed by atoms with Gasteiger partial charge in [0.25, 0.3) is 0 Å². The van der Waals surface area contributed by atoms with Gasteiger partial charge in [-0.25, -0.2) is 4.98 Å². The summed E-state index contributed by atoms with van der Waals surface area (Å²) in [6, 6.07) is 0. The first-order chi connectivity index (χ1) is 8.72. The molecule has 1 heterocycles. The molecule has 1 aromatic rings. The quantitative estimate of drug-likeness (QED) is 0.713. The number of esters is 1. The minimum Gasteiger partial charge on any atom is -0.469 e. The van der Waals surface area contributed by atoms with Crippen molar-refractivity contribution in [3.05, 3.63) is 11.1 Å². The molecule has 0 spiro atoms. The van der Waals surface area contributed by atoms with Crippen LogP contribution in [0.25, 0.3) is 0 Å². The van der Waals surface area contributed by atoms with E-state index in [0.717, 1.165) is 29.8 Å². The van der Waals surface area contributed by atoms with Crippen molar-refractivity contribution in [3.63, 3.8) is 0 Å². The van der Waals surface area contributed by atoms with E-state index in [1.54, 1.807) is 11.3 Å². The van der Waals surface area contributed by atoms with Gasteiger partial charge in [-0.05, 0) is 25.7 Å². The van der Waals surface area contributed by atoms with Crippen molar-refractivity contribution >= 4 is 22.4 Å². The molecule has 2 rings (SSSR count). The van der Waals surface area contributed by atoms with Gasteiger partial charge >= 0.3 is 5.97 Å². The lowest BCUT2D eigenvalue weighted by atomic mass is 10.2. The van der Waals surface area contributed by atoms with E-state index in [2.05, 4.69) is 21.5 Å². The number of nitrogens with zero attached hydrogens (tertiary/aromatic N) is 2. The number of aryl methyl sites for hydroxylation is 1. The lowest BCUT2D eigenvalue weighted by molar-refractivity contribution is -0.140. The molecule has 0 aromatic carbocycles. The monoisotopic (exact) mass is 268 g/mol. The van der Waals surface area contributed by atoms with E-state index in [1.165, 1.54) is 20.0 Å². The van der Waals surface area contributed by atoms with Crippen LogP contribution < -0.4 is 4.90 Å². The summed E-state index contributed by atoms with van der Waals surface area (Å²) in [4.78, 5) is 18.0. The van der Waals surface area contributed by atoms with Crippen LogP contribution in [0, 0.1) is 5.92 Å². The van der Waals surface area contributed by atoms with Gasteiger partial charge in [0.05, 0.1) is 19.2 Å². The molecule has 100 valence electrons. The maximum absolute atomic E-state index is 11.1. The van der Waals surface area contributed by atoms with E-state index in [9.17, 15) is 4.79 Å². The Morgan fingerprint density at radius 2 is 2.39 bits per heavy atom. The largest absolute Gasteiger partial charge is 0.469 e. The van der Waals surface area contributed by atoms with Crippen LogP contribution in [-0.2, 0) is 16.0 Å². The Labute approximate surface area is 112 Å². The van der Waals surface area contributed by atoms with E-state index < -0.39 is 0 Å². The molecule has 1 aromatic heterocycles. The van der Waals surface area contributed by atoms with Gasteiger partial charge in [0.15, 0.2) is 5.13 Å². The third-order valence-electron chi connectivity index (χ3n) is 3.18. The lowest BCUT2D eigenvalue weighted by Crippen LogP contribution is -2.25. The molecule has 0 N–H and O–H groups in total. The molecule has 1 aliphatic carbocycles. The van der Waals surface area contributed by atoms with Crippen LogP contribution in [0.3, 0.4) is 0 Å². The normalized spacial score (nSPS) is 14.6. The first kappa shape index (κ1) is 13.3. The van der Waals surface area contributed by atoms with Gasteiger partial charge in [0, 0.05) is 24.9 Å². The van der Waals surface area contributed by atoms with Gasteiger partial charge in [0.2, 0.25) is 0 Å². The fraction of sp³-hybridized carbons (Fsp3) is 0.692. The number of ether oxygens (including phenoxy) is 1. The lowest BCUT2D eigenvalue weighted by Gasteiger charge is -2.19. The number of anilines is 1. The number of aromatic nitrogens is 1. The molecule has 0 aliphatic heterocycles. The van der Waals surface area contributed by atoms with Crippen molar-refractivity contribution in [2.45, 2.75) is 32.6 Å². The Balaban J connectivity index is 1.88. The molecule has 1 fully saturated rings. The van der Waals surface area contributed by atoms with Gasteiger partial charge in [-0.15, -0.1) is 11.3 Å². The van der Waals surface area contributed by atoms with Crippen LogP contribution in [0.4, 0.5) is 5.13 Å². The summed E-state index contributed by atoms with van der Waals surface area (Å²) in [7, 11) is 1.42. The zero-order chi connectivity index (χ0) is 13.0. The molecular weight excluding hydrogens is 248 g/mol. The first-order valence-corrected chi connectivity index (χ1v) is 7.37. The van der Waals surface area contributed by atoms with Crippen molar-refractivity contribution in [1.29, 1.82) is 0 Å². The molecule has 0 bridgehead atoms. The highest BCUT2D eigenvalue weighted by molar-refractivity contribution is 7.13. The van der Waals surface area contributed by atoms with Crippen LogP contribution in [0.15, 0.2) is 5.38 Å². The number of methoxy groups -OCH3 is 1. The molecule has 0 atom stereocenters. The van der Waals surface area contributed by atoms with Gasteiger partial charge in [-0.3, -0.25) is 4.79 Å². The SMILES string of the molecule is CCN(CC1CC1)c1nc(CCC(=O)OC)cs1. The second kappa shape index (κ2) is 6.18. The molecule has 0 amide bonds. The maximum atomic E-state index is 11.1. The minimum absolute atomic E-state index is 0.171. The van der Waals surface area contributed by atoms with Crippen LogP contribution in [-0.4, -0.2) is 31.2 Å². The van der Waals surface area contributed by atoms with E-state index >= 15 is 0 Å². The molecular formula is C13H20N2O2S. The van der Waals surface area contributed by atoms with Crippen molar-refractivity contribution in [2.24, 2.45) is 5.92 Å². The molecule has 0 unspecified atom stereocenters. The molecule has 18 heavy (non-hydrogen) atoms. The summed E-state index contributed by atoms with van der Waals surface area (Å²) in [5, 5.41) is 3.14. The summed E-state index contributed by atoms with van der Waals surface area (Å²) >= 11 is 1.67. The summed E-state index contributed by atoms with van der Waals surface area (Å²) in [5.74, 6) is 0.697. The van der Waals surface area contributed by atoms with E-state index in [0.29, 0.717) is 12.8 Å². The van der Waals surface area contributed by atoms with E-state index in [-0.39, 0.29) is 5.97 Å². The number of carbonyl (C=O) groups excluding carboxylic acids is 1. The summed E-state index contributed by atoms with van der Waals surface area (Å²) in [5.41, 5.74) is 0.995. The topological polar surface area (TPSA) is 42.4 Å². The van der Waals surface area contributed by atoms with Gasteiger partial charge in [-0.1, -0.05) is 0 Å². The average Bonchev–Trinajstić information content (AvgIpc) is 3.09. The zero-order valence-electron chi connectivity index (χ0n) is 11.0. The second-order valence-electron chi connectivity index (χ2n) is 4.68.